The number of carbonyl (C=O) groups is 2. The first-order chi connectivity index (χ1) is 15.2. The van der Waals surface area contributed by atoms with Crippen molar-refractivity contribution in [2.45, 2.75) is 25.8 Å². The van der Waals surface area contributed by atoms with Crippen LogP contribution in [0.3, 0.4) is 0 Å². The Labute approximate surface area is 180 Å². The molecule has 7 heteroatoms. The van der Waals surface area contributed by atoms with Crippen LogP contribution >= 0.6 is 0 Å². The lowest BCUT2D eigenvalue weighted by atomic mass is 10.0. The van der Waals surface area contributed by atoms with Crippen LogP contribution in [0.4, 0.5) is 0 Å². The molecule has 3 aliphatic rings. The van der Waals surface area contributed by atoms with Gasteiger partial charge in [-0.05, 0) is 54.7 Å². The lowest BCUT2D eigenvalue weighted by molar-refractivity contribution is -0.138. The van der Waals surface area contributed by atoms with E-state index in [1.54, 1.807) is 7.11 Å². The van der Waals surface area contributed by atoms with Crippen molar-refractivity contribution < 1.29 is 23.8 Å². The van der Waals surface area contributed by atoms with Gasteiger partial charge in [0.2, 0.25) is 6.79 Å². The lowest BCUT2D eigenvalue weighted by Crippen LogP contribution is -2.36. The summed E-state index contributed by atoms with van der Waals surface area (Å²) in [6.45, 7) is 1.94. The Balaban J connectivity index is 1.49. The molecule has 2 amide bonds. The molecule has 31 heavy (non-hydrogen) atoms. The minimum absolute atomic E-state index is 0.183. The minimum Gasteiger partial charge on any atom is -0.497 e. The molecule has 0 radical (unpaired) electrons. The third-order valence-electron chi connectivity index (χ3n) is 5.97. The number of methoxy groups -OCH3 is 1. The topological polar surface area (TPSA) is 68.3 Å². The molecule has 0 unspecified atom stereocenters. The molecule has 0 N–H and O–H groups in total. The molecule has 2 aromatic rings. The van der Waals surface area contributed by atoms with Crippen LogP contribution in [0.15, 0.2) is 48.2 Å². The summed E-state index contributed by atoms with van der Waals surface area (Å²) in [5.41, 5.74) is 2.53. The molecular formula is C24H24N2O5. The van der Waals surface area contributed by atoms with Crippen LogP contribution in [0.1, 0.15) is 30.4 Å². The summed E-state index contributed by atoms with van der Waals surface area (Å²) >= 11 is 0. The van der Waals surface area contributed by atoms with Crippen LogP contribution < -0.4 is 14.2 Å². The second-order valence-corrected chi connectivity index (χ2v) is 7.88. The highest BCUT2D eigenvalue weighted by molar-refractivity contribution is 6.35. The van der Waals surface area contributed by atoms with E-state index in [2.05, 4.69) is 4.90 Å². The Morgan fingerprint density at radius 3 is 2.39 bits per heavy atom. The smallest absolute Gasteiger partial charge is 0.278 e. The van der Waals surface area contributed by atoms with Gasteiger partial charge in [-0.2, -0.15) is 0 Å². The van der Waals surface area contributed by atoms with Gasteiger partial charge in [0.15, 0.2) is 11.5 Å². The summed E-state index contributed by atoms with van der Waals surface area (Å²) in [6, 6.07) is 12.8. The molecule has 0 aliphatic carbocycles. The van der Waals surface area contributed by atoms with Gasteiger partial charge in [-0.3, -0.25) is 14.5 Å². The summed E-state index contributed by atoms with van der Waals surface area (Å²) in [5, 5.41) is 0. The fraction of sp³-hybridized carbons (Fsp3) is 0.333. The van der Waals surface area contributed by atoms with Gasteiger partial charge in [0.25, 0.3) is 11.8 Å². The van der Waals surface area contributed by atoms with Crippen LogP contribution in [0, 0.1) is 0 Å². The largest absolute Gasteiger partial charge is 0.497 e. The number of hydrogen-bond acceptors (Lipinski definition) is 6. The number of likely N-dealkylation sites (tertiary alicyclic amines) is 1. The van der Waals surface area contributed by atoms with E-state index < -0.39 is 0 Å². The van der Waals surface area contributed by atoms with Crippen LogP contribution in [0.2, 0.25) is 0 Å². The van der Waals surface area contributed by atoms with Crippen molar-refractivity contribution in [1.82, 2.24) is 9.80 Å². The molecule has 5 rings (SSSR count). The number of rotatable bonds is 5. The summed E-state index contributed by atoms with van der Waals surface area (Å²) in [7, 11) is 1.60. The molecule has 0 aromatic heterocycles. The van der Waals surface area contributed by atoms with E-state index >= 15 is 0 Å². The highest BCUT2D eigenvalue weighted by atomic mass is 16.7. The predicted molar refractivity (Wildman–Crippen MR) is 113 cm³/mol. The molecular weight excluding hydrogens is 396 g/mol. The number of imide groups is 1. The minimum atomic E-state index is -0.270. The third kappa shape index (κ3) is 3.50. The first kappa shape index (κ1) is 19.5. The molecule has 0 bridgehead atoms. The number of hydrogen-bond donors (Lipinski definition) is 0. The van der Waals surface area contributed by atoms with E-state index in [1.807, 2.05) is 42.5 Å². The van der Waals surface area contributed by atoms with Crippen molar-refractivity contribution in [2.24, 2.45) is 0 Å². The van der Waals surface area contributed by atoms with Gasteiger partial charge >= 0.3 is 0 Å². The Morgan fingerprint density at radius 2 is 1.65 bits per heavy atom. The van der Waals surface area contributed by atoms with Crippen LogP contribution in [0.5, 0.6) is 17.2 Å². The van der Waals surface area contributed by atoms with Crippen molar-refractivity contribution in [2.75, 3.05) is 27.0 Å². The predicted octanol–water partition coefficient (Wildman–Crippen LogP) is 3.19. The van der Waals surface area contributed by atoms with Gasteiger partial charge < -0.3 is 19.1 Å². The van der Waals surface area contributed by atoms with E-state index in [0.29, 0.717) is 28.5 Å². The first-order valence-electron chi connectivity index (χ1n) is 10.5. The maximum atomic E-state index is 13.5. The molecule has 160 valence electrons. The molecule has 7 nitrogen and oxygen atoms in total. The monoisotopic (exact) mass is 420 g/mol. The molecule has 0 spiro atoms. The Kier molecular flexibility index (Phi) is 5.02. The number of ether oxygens (including phenoxy) is 3. The molecule has 3 aliphatic heterocycles. The van der Waals surface area contributed by atoms with Crippen LogP contribution in [-0.4, -0.2) is 48.6 Å². The highest BCUT2D eigenvalue weighted by Gasteiger charge is 2.41. The number of nitrogens with zero attached hydrogens (tertiary/aromatic N) is 2. The van der Waals surface area contributed by atoms with Crippen molar-refractivity contribution >= 4 is 17.4 Å². The number of piperidine rings is 1. The fourth-order valence-corrected chi connectivity index (χ4v) is 4.36. The van der Waals surface area contributed by atoms with Crippen molar-refractivity contribution in [3.8, 4) is 17.2 Å². The molecule has 1 saturated heterocycles. The summed E-state index contributed by atoms with van der Waals surface area (Å²) in [6.07, 6.45) is 3.18. The standard InChI is InChI=1S/C24H24N2O5/c1-29-18-8-6-17(7-9-18)21-22(25-11-3-2-4-12-25)24(28)26(23(21)27)14-16-5-10-19-20(13-16)31-15-30-19/h5-10,13H,2-4,11-12,14-15H2,1H3. The Hall–Kier alpha value is -3.48. The average Bonchev–Trinajstić information content (AvgIpc) is 3.37. The molecule has 2 aromatic carbocycles. The summed E-state index contributed by atoms with van der Waals surface area (Å²) < 4.78 is 16.1. The van der Waals surface area contributed by atoms with Gasteiger partial charge in [-0.15, -0.1) is 0 Å². The van der Waals surface area contributed by atoms with Gasteiger partial charge in [0, 0.05) is 13.1 Å². The second kappa shape index (κ2) is 7.98. The number of carbonyl (C=O) groups excluding carboxylic acids is 2. The fourth-order valence-electron chi connectivity index (χ4n) is 4.36. The molecule has 3 heterocycles. The molecule has 1 fully saturated rings. The van der Waals surface area contributed by atoms with Gasteiger partial charge in [0.1, 0.15) is 11.4 Å². The van der Waals surface area contributed by atoms with Crippen molar-refractivity contribution in [1.29, 1.82) is 0 Å². The lowest BCUT2D eigenvalue weighted by Gasteiger charge is -2.29. The van der Waals surface area contributed by atoms with E-state index in [9.17, 15) is 9.59 Å². The first-order valence-corrected chi connectivity index (χ1v) is 10.5. The van der Waals surface area contributed by atoms with Crippen LogP contribution in [-0.2, 0) is 16.1 Å². The number of fused-ring (bicyclic) bond motifs is 1. The van der Waals surface area contributed by atoms with E-state index in [-0.39, 0.29) is 25.2 Å². The molecule has 0 atom stereocenters. The van der Waals surface area contributed by atoms with Crippen molar-refractivity contribution in [3.63, 3.8) is 0 Å². The number of amides is 2. The Bertz CT molecular complexity index is 1050. The quantitative estimate of drug-likeness (QED) is 0.692. The number of benzene rings is 2. The zero-order chi connectivity index (χ0) is 21.4. The van der Waals surface area contributed by atoms with Gasteiger partial charge in [0.05, 0.1) is 19.2 Å². The maximum Gasteiger partial charge on any atom is 0.278 e. The SMILES string of the molecule is COc1ccc(C2=C(N3CCCCC3)C(=O)N(Cc3ccc4c(c3)OCO4)C2=O)cc1. The highest BCUT2D eigenvalue weighted by Crippen LogP contribution is 2.36. The Morgan fingerprint density at radius 1 is 0.903 bits per heavy atom. The summed E-state index contributed by atoms with van der Waals surface area (Å²) in [4.78, 5) is 30.4. The van der Waals surface area contributed by atoms with E-state index in [0.717, 1.165) is 43.5 Å². The second-order valence-electron chi connectivity index (χ2n) is 7.88. The van der Waals surface area contributed by atoms with Gasteiger partial charge in [-0.25, -0.2) is 0 Å². The zero-order valence-corrected chi connectivity index (χ0v) is 17.4. The third-order valence-corrected chi connectivity index (χ3v) is 5.97. The van der Waals surface area contributed by atoms with E-state index in [1.165, 1.54) is 4.90 Å². The molecule has 0 saturated carbocycles. The normalized spacial score (nSPS) is 18.2. The maximum absolute atomic E-state index is 13.5. The van der Waals surface area contributed by atoms with Crippen LogP contribution in [0.25, 0.3) is 5.57 Å². The summed E-state index contributed by atoms with van der Waals surface area (Å²) in [5.74, 6) is 1.51. The van der Waals surface area contributed by atoms with Crippen molar-refractivity contribution in [3.05, 3.63) is 59.3 Å². The van der Waals surface area contributed by atoms with E-state index in [4.69, 9.17) is 14.2 Å². The van der Waals surface area contributed by atoms with Gasteiger partial charge in [-0.1, -0.05) is 18.2 Å². The average molecular weight is 420 g/mol. The zero-order valence-electron chi connectivity index (χ0n) is 17.4.